The highest BCUT2D eigenvalue weighted by Gasteiger charge is 2.41. The smallest absolute Gasteiger partial charge is 0.170 e. The van der Waals surface area contributed by atoms with Gasteiger partial charge in [0.2, 0.25) is 0 Å². The second-order valence-corrected chi connectivity index (χ2v) is 9.04. The summed E-state index contributed by atoms with van der Waals surface area (Å²) in [6.45, 7) is 6.16. The summed E-state index contributed by atoms with van der Waals surface area (Å²) in [4.78, 5) is 9.17. The third-order valence-corrected chi connectivity index (χ3v) is 6.45. The van der Waals surface area contributed by atoms with Gasteiger partial charge < -0.3 is 24.8 Å². The van der Waals surface area contributed by atoms with Gasteiger partial charge in [0.1, 0.15) is 5.75 Å². The number of pyridine rings is 1. The molecule has 0 saturated carbocycles. The Kier molecular flexibility index (Phi) is 6.48. The Hall–Kier alpha value is -2.90. The first kappa shape index (κ1) is 22.3. The number of nitrogens with zero attached hydrogens (tertiary/aromatic N) is 4. The molecule has 0 radical (unpaired) electrons. The zero-order valence-electron chi connectivity index (χ0n) is 19.1. The van der Waals surface area contributed by atoms with Gasteiger partial charge in [-0.25, -0.2) is 0 Å². The second-order valence-electron chi connectivity index (χ2n) is 8.66. The van der Waals surface area contributed by atoms with E-state index in [1.807, 2.05) is 30.5 Å². The average Bonchev–Trinajstić information content (AvgIpc) is 3.25. The van der Waals surface area contributed by atoms with Gasteiger partial charge in [0.15, 0.2) is 5.11 Å². The van der Waals surface area contributed by atoms with E-state index in [2.05, 4.69) is 64.7 Å². The molecule has 4 rings (SSSR count). The topological polar surface area (TPSA) is 56.6 Å². The van der Waals surface area contributed by atoms with Gasteiger partial charge in [-0.3, -0.25) is 4.98 Å². The molecule has 32 heavy (non-hydrogen) atoms. The standard InChI is InChI=1S/C25H31N5OS/c1-17-16-21(18(2)30(17)19-9-11-20(31)12-10-19)24-23(22-8-5-6-13-26-22)27-25(32)29(24)15-7-14-28(3)4/h5-6,8-13,16,23-24,31H,7,14-15H2,1-4H3,(H,27,32). The molecule has 2 unspecified atom stereocenters. The Labute approximate surface area is 195 Å². The summed E-state index contributed by atoms with van der Waals surface area (Å²) in [5, 5.41) is 14.0. The summed E-state index contributed by atoms with van der Waals surface area (Å²) in [5.74, 6) is 0.268. The lowest BCUT2D eigenvalue weighted by Gasteiger charge is -2.28. The monoisotopic (exact) mass is 449 g/mol. The number of phenolic OH excluding ortho intramolecular Hbond substituents is 1. The number of hydrogen-bond donors (Lipinski definition) is 2. The van der Waals surface area contributed by atoms with Crippen LogP contribution in [-0.2, 0) is 0 Å². The van der Waals surface area contributed by atoms with Gasteiger partial charge in [-0.1, -0.05) is 6.07 Å². The van der Waals surface area contributed by atoms with Crippen molar-refractivity contribution in [3.8, 4) is 11.4 Å². The quantitative estimate of drug-likeness (QED) is 0.529. The van der Waals surface area contributed by atoms with E-state index in [9.17, 15) is 5.11 Å². The van der Waals surface area contributed by atoms with Crippen LogP contribution in [0.3, 0.4) is 0 Å². The summed E-state index contributed by atoms with van der Waals surface area (Å²) in [7, 11) is 4.19. The lowest BCUT2D eigenvalue weighted by atomic mass is 9.96. The molecule has 0 bridgehead atoms. The summed E-state index contributed by atoms with van der Waals surface area (Å²) >= 11 is 5.80. The van der Waals surface area contributed by atoms with Crippen molar-refractivity contribution in [2.75, 3.05) is 27.2 Å². The largest absolute Gasteiger partial charge is 0.508 e. The molecule has 3 heterocycles. The maximum Gasteiger partial charge on any atom is 0.170 e. The van der Waals surface area contributed by atoms with Gasteiger partial charge in [0, 0.05) is 29.8 Å². The van der Waals surface area contributed by atoms with Gasteiger partial charge in [0.25, 0.3) is 0 Å². The predicted octanol–water partition coefficient (Wildman–Crippen LogP) is 4.12. The molecule has 1 saturated heterocycles. The lowest BCUT2D eigenvalue weighted by Crippen LogP contribution is -2.32. The van der Waals surface area contributed by atoms with Crippen molar-refractivity contribution in [3.63, 3.8) is 0 Å². The molecule has 1 aliphatic heterocycles. The fourth-order valence-electron chi connectivity index (χ4n) is 4.63. The van der Waals surface area contributed by atoms with Crippen LogP contribution >= 0.6 is 12.2 Å². The highest BCUT2D eigenvalue weighted by Crippen LogP contribution is 2.41. The molecule has 0 aliphatic carbocycles. The highest BCUT2D eigenvalue weighted by atomic mass is 32.1. The molecule has 2 N–H and O–H groups in total. The van der Waals surface area contributed by atoms with Crippen LogP contribution in [0.1, 0.15) is 41.1 Å². The van der Waals surface area contributed by atoms with Crippen molar-refractivity contribution in [2.45, 2.75) is 32.4 Å². The number of benzene rings is 1. The summed E-state index contributed by atoms with van der Waals surface area (Å²) in [6, 6.07) is 15.7. The molecule has 7 heteroatoms. The average molecular weight is 450 g/mol. The summed E-state index contributed by atoms with van der Waals surface area (Å²) in [5.41, 5.74) is 5.58. The van der Waals surface area contributed by atoms with Gasteiger partial charge >= 0.3 is 0 Å². The lowest BCUT2D eigenvalue weighted by molar-refractivity contribution is 0.292. The molecule has 0 amide bonds. The van der Waals surface area contributed by atoms with E-state index in [0.717, 1.165) is 41.7 Å². The number of rotatable bonds is 7. The zero-order valence-corrected chi connectivity index (χ0v) is 19.9. The molecule has 3 aromatic rings. The first-order valence-electron chi connectivity index (χ1n) is 11.0. The van der Waals surface area contributed by atoms with Crippen molar-refractivity contribution >= 4 is 17.3 Å². The summed E-state index contributed by atoms with van der Waals surface area (Å²) in [6.07, 6.45) is 2.86. The van der Waals surface area contributed by atoms with Crippen molar-refractivity contribution in [1.29, 1.82) is 0 Å². The molecule has 1 aromatic carbocycles. The molecule has 6 nitrogen and oxygen atoms in total. The summed E-state index contributed by atoms with van der Waals surface area (Å²) < 4.78 is 2.24. The molecule has 2 atom stereocenters. The molecule has 2 aromatic heterocycles. The minimum absolute atomic E-state index is 0.0168. The van der Waals surface area contributed by atoms with Crippen LogP contribution in [0.2, 0.25) is 0 Å². The first-order valence-corrected chi connectivity index (χ1v) is 11.4. The van der Waals surface area contributed by atoms with E-state index >= 15 is 0 Å². The van der Waals surface area contributed by atoms with Gasteiger partial charge in [-0.05, 0) is 101 Å². The first-order chi connectivity index (χ1) is 15.4. The maximum atomic E-state index is 9.72. The van der Waals surface area contributed by atoms with Gasteiger partial charge in [-0.15, -0.1) is 0 Å². The zero-order chi connectivity index (χ0) is 22.8. The van der Waals surface area contributed by atoms with Crippen LogP contribution < -0.4 is 5.32 Å². The Morgan fingerprint density at radius 2 is 1.88 bits per heavy atom. The fourth-order valence-corrected chi connectivity index (χ4v) is 4.96. The van der Waals surface area contributed by atoms with Gasteiger partial charge in [-0.2, -0.15) is 0 Å². The Morgan fingerprint density at radius 3 is 2.53 bits per heavy atom. The van der Waals surface area contributed by atoms with Crippen molar-refractivity contribution in [1.82, 2.24) is 24.7 Å². The number of aryl methyl sites for hydroxylation is 1. The molecular weight excluding hydrogens is 418 g/mol. The van der Waals surface area contributed by atoms with Crippen LogP contribution in [0, 0.1) is 13.8 Å². The van der Waals surface area contributed by atoms with Crippen LogP contribution in [0.25, 0.3) is 5.69 Å². The molecule has 1 aliphatic rings. The van der Waals surface area contributed by atoms with Crippen LogP contribution in [0.15, 0.2) is 54.7 Å². The van der Waals surface area contributed by atoms with Crippen LogP contribution in [0.4, 0.5) is 0 Å². The number of nitrogens with one attached hydrogen (secondary N) is 1. The van der Waals surface area contributed by atoms with Crippen LogP contribution in [-0.4, -0.2) is 56.8 Å². The minimum Gasteiger partial charge on any atom is -0.508 e. The van der Waals surface area contributed by atoms with E-state index in [1.165, 1.54) is 11.3 Å². The second kappa shape index (κ2) is 9.30. The third-order valence-electron chi connectivity index (χ3n) is 6.10. The van der Waals surface area contributed by atoms with E-state index in [1.54, 1.807) is 12.1 Å². The number of aromatic hydroxyl groups is 1. The van der Waals surface area contributed by atoms with Crippen molar-refractivity contribution in [3.05, 3.63) is 77.4 Å². The molecule has 168 valence electrons. The molecule has 1 fully saturated rings. The van der Waals surface area contributed by atoms with E-state index in [-0.39, 0.29) is 17.8 Å². The van der Waals surface area contributed by atoms with Crippen molar-refractivity contribution in [2.24, 2.45) is 0 Å². The number of phenols is 1. The Morgan fingerprint density at radius 1 is 1.12 bits per heavy atom. The van der Waals surface area contributed by atoms with Crippen LogP contribution in [0.5, 0.6) is 5.75 Å². The number of hydrogen-bond acceptors (Lipinski definition) is 4. The van der Waals surface area contributed by atoms with Crippen molar-refractivity contribution < 1.29 is 5.11 Å². The van der Waals surface area contributed by atoms with Gasteiger partial charge in [0.05, 0.1) is 17.8 Å². The Balaban J connectivity index is 1.76. The maximum absolute atomic E-state index is 9.72. The number of aromatic nitrogens is 2. The fraction of sp³-hybridized carbons (Fsp3) is 0.360. The third kappa shape index (κ3) is 4.36. The normalized spacial score (nSPS) is 18.4. The number of thiocarbonyl (C=S) groups is 1. The Bertz CT molecular complexity index is 1080. The predicted molar refractivity (Wildman–Crippen MR) is 132 cm³/mol. The van der Waals surface area contributed by atoms with E-state index in [0.29, 0.717) is 0 Å². The van der Waals surface area contributed by atoms with E-state index in [4.69, 9.17) is 12.2 Å². The molecule has 0 spiro atoms. The minimum atomic E-state index is -0.0168. The molecular formula is C25H31N5OS. The van der Waals surface area contributed by atoms with E-state index < -0.39 is 0 Å². The SMILES string of the molecule is Cc1cc(C2C(c3ccccn3)NC(=S)N2CCCN(C)C)c(C)n1-c1ccc(O)cc1. The highest BCUT2D eigenvalue weighted by molar-refractivity contribution is 7.80.